The molecule has 0 fully saturated rings. The number of ketones is 2. The predicted molar refractivity (Wildman–Crippen MR) is 187 cm³/mol. The van der Waals surface area contributed by atoms with Crippen molar-refractivity contribution in [2.75, 3.05) is 56.4 Å². The minimum atomic E-state index is -1.41. The van der Waals surface area contributed by atoms with E-state index in [1.807, 2.05) is 17.5 Å². The molecule has 12 nitrogen and oxygen atoms in total. The Morgan fingerprint density at radius 3 is 1.59 bits per heavy atom. The standard InChI is InChI=1S/C25H24O8S.C12H14O4.Na/c1-14(24(28)15-9-20(30-3)25(32-5)21(10-15)31-4)16-11-17(22-7-6-8-34-22)18(29-2)12-19(16)33-13-23(26)27;1-5-9(13)8-6-10(14-2)12(16-4)11(7-8)15-3;/h6-12H,1,13H2,2-5H3,(H,26,27);5-7H,1H2,2-4H3;/q;;+1/p-1. The van der Waals surface area contributed by atoms with Crippen LogP contribution in [0, 0.1) is 0 Å². The molecule has 0 saturated heterocycles. The van der Waals surface area contributed by atoms with Crippen molar-refractivity contribution in [1.29, 1.82) is 0 Å². The van der Waals surface area contributed by atoms with Crippen LogP contribution in [0.4, 0.5) is 0 Å². The Balaban J connectivity index is 0.000000446. The van der Waals surface area contributed by atoms with Gasteiger partial charge in [0.1, 0.15) is 18.1 Å². The summed E-state index contributed by atoms with van der Waals surface area (Å²) in [7, 11) is 10.4. The van der Waals surface area contributed by atoms with Crippen molar-refractivity contribution in [2.24, 2.45) is 0 Å². The summed E-state index contributed by atoms with van der Waals surface area (Å²) in [5.74, 6) is 0.841. The third kappa shape index (κ3) is 10.1. The van der Waals surface area contributed by atoms with Gasteiger partial charge in [-0.1, -0.05) is 19.2 Å². The normalized spacial score (nSPS) is 9.86. The average molecular weight is 729 g/mol. The smallest absolute Gasteiger partial charge is 0.546 e. The molecule has 0 atom stereocenters. The Bertz CT molecular complexity index is 1820. The fourth-order valence-corrected chi connectivity index (χ4v) is 5.44. The van der Waals surface area contributed by atoms with Crippen molar-refractivity contribution in [3.63, 3.8) is 0 Å². The van der Waals surface area contributed by atoms with Gasteiger partial charge in [-0.15, -0.1) is 11.3 Å². The van der Waals surface area contributed by atoms with Crippen molar-refractivity contribution in [1.82, 2.24) is 0 Å². The SMILES string of the molecule is C=C(C(=O)c1cc(OC)c(OC)c(OC)c1)c1cc(-c2cccs2)c(OC)cc1OCC(=O)[O-].C=CC(=O)c1cc(OC)c(OC)c(OC)c1.[Na+]. The maximum absolute atomic E-state index is 13.5. The van der Waals surface area contributed by atoms with Crippen molar-refractivity contribution < 1.29 is 86.9 Å². The van der Waals surface area contributed by atoms with Gasteiger partial charge >= 0.3 is 29.6 Å². The Morgan fingerprint density at radius 2 is 1.20 bits per heavy atom. The zero-order valence-corrected chi connectivity index (χ0v) is 32.5. The number of Topliss-reactive ketones (excluding diaryl/α,β-unsaturated/α-hetero) is 1. The van der Waals surface area contributed by atoms with E-state index < -0.39 is 18.4 Å². The van der Waals surface area contributed by atoms with Gasteiger partial charge in [0.2, 0.25) is 11.5 Å². The maximum atomic E-state index is 13.5. The maximum Gasteiger partial charge on any atom is 1.00 e. The number of hydrogen-bond acceptors (Lipinski definition) is 13. The molecule has 264 valence electrons. The number of aliphatic carboxylic acids is 1. The number of benzene rings is 3. The minimum absolute atomic E-state index is 0. The molecule has 0 aliphatic carbocycles. The molecule has 14 heteroatoms. The molecule has 0 radical (unpaired) electrons. The third-order valence-corrected chi connectivity index (χ3v) is 8.00. The summed E-state index contributed by atoms with van der Waals surface area (Å²) < 4.78 is 42.3. The van der Waals surface area contributed by atoms with Gasteiger partial charge in [0.25, 0.3) is 0 Å². The Morgan fingerprint density at radius 1 is 0.706 bits per heavy atom. The second-order valence-corrected chi connectivity index (χ2v) is 10.8. The molecule has 0 aliphatic heterocycles. The third-order valence-electron chi connectivity index (χ3n) is 7.09. The molecule has 0 aliphatic rings. The van der Waals surface area contributed by atoms with Gasteiger partial charge in [-0.2, -0.15) is 0 Å². The summed E-state index contributed by atoms with van der Waals surface area (Å²) in [5.41, 5.74) is 1.77. The van der Waals surface area contributed by atoms with Crippen LogP contribution in [-0.2, 0) is 4.79 Å². The van der Waals surface area contributed by atoms with E-state index >= 15 is 0 Å². The number of carbonyl (C=O) groups is 3. The molecule has 0 saturated carbocycles. The van der Waals surface area contributed by atoms with E-state index in [0.29, 0.717) is 56.9 Å². The van der Waals surface area contributed by atoms with E-state index in [2.05, 4.69) is 13.2 Å². The number of methoxy groups -OCH3 is 7. The van der Waals surface area contributed by atoms with Crippen LogP contribution in [-0.4, -0.2) is 73.9 Å². The summed E-state index contributed by atoms with van der Waals surface area (Å²) >= 11 is 1.48. The molecule has 0 N–H and O–H groups in total. The Hall–Kier alpha value is -4.95. The van der Waals surface area contributed by atoms with E-state index in [9.17, 15) is 19.5 Å². The van der Waals surface area contributed by atoms with Gasteiger partial charge in [-0.05, 0) is 47.9 Å². The molecule has 0 unspecified atom stereocenters. The van der Waals surface area contributed by atoms with Crippen LogP contribution < -0.4 is 72.6 Å². The van der Waals surface area contributed by atoms with Crippen LogP contribution in [0.1, 0.15) is 26.3 Å². The zero-order valence-electron chi connectivity index (χ0n) is 29.7. The Kier molecular flexibility index (Phi) is 16.6. The second-order valence-electron chi connectivity index (χ2n) is 9.89. The average Bonchev–Trinajstić information content (AvgIpc) is 3.69. The number of ether oxygens (including phenoxy) is 8. The summed E-state index contributed by atoms with van der Waals surface area (Å²) in [6.45, 7) is 6.70. The molecule has 1 heterocycles. The van der Waals surface area contributed by atoms with Gasteiger partial charge in [0.05, 0.1) is 55.7 Å². The van der Waals surface area contributed by atoms with Crippen LogP contribution in [0.15, 0.2) is 73.1 Å². The molecule has 0 spiro atoms. The van der Waals surface area contributed by atoms with Gasteiger partial charge in [-0.25, -0.2) is 0 Å². The molecule has 0 bridgehead atoms. The van der Waals surface area contributed by atoms with E-state index in [-0.39, 0.29) is 52.2 Å². The first kappa shape index (κ1) is 42.2. The summed E-state index contributed by atoms with van der Waals surface area (Å²) in [6.07, 6.45) is 1.24. The number of hydrogen-bond donors (Lipinski definition) is 0. The molecule has 4 aromatic rings. The minimum Gasteiger partial charge on any atom is -0.546 e. The fraction of sp³-hybridized carbons (Fsp3) is 0.216. The number of carboxylic acid groups (broad SMARTS) is 1. The number of allylic oxidation sites excluding steroid dienone is 2. The van der Waals surface area contributed by atoms with Crippen molar-refractivity contribution in [3.8, 4) is 56.4 Å². The molecule has 0 amide bonds. The van der Waals surface area contributed by atoms with Crippen molar-refractivity contribution in [2.45, 2.75) is 0 Å². The van der Waals surface area contributed by atoms with Gasteiger partial charge in [-0.3, -0.25) is 9.59 Å². The Labute approximate surface area is 322 Å². The number of carbonyl (C=O) groups excluding carboxylic acids is 3. The van der Waals surface area contributed by atoms with E-state index in [4.69, 9.17) is 37.9 Å². The van der Waals surface area contributed by atoms with E-state index in [0.717, 1.165) is 4.88 Å². The zero-order chi connectivity index (χ0) is 37.0. The van der Waals surface area contributed by atoms with Crippen LogP contribution >= 0.6 is 11.3 Å². The number of rotatable bonds is 16. The van der Waals surface area contributed by atoms with Gasteiger partial charge in [0, 0.05) is 38.8 Å². The first-order valence-corrected chi connectivity index (χ1v) is 15.5. The van der Waals surface area contributed by atoms with Crippen LogP contribution in [0.25, 0.3) is 16.0 Å². The van der Waals surface area contributed by atoms with Crippen LogP contribution in [0.2, 0.25) is 0 Å². The summed E-state index contributed by atoms with van der Waals surface area (Å²) in [4.78, 5) is 36.8. The molecular weight excluding hydrogens is 691 g/mol. The fourth-order valence-electron chi connectivity index (χ4n) is 4.70. The molecular formula is C37H37NaO12S. The van der Waals surface area contributed by atoms with Crippen LogP contribution in [0.5, 0.6) is 46.0 Å². The monoisotopic (exact) mass is 728 g/mol. The molecule has 4 rings (SSSR count). The largest absolute Gasteiger partial charge is 1.00 e. The summed E-state index contributed by atoms with van der Waals surface area (Å²) in [6, 6.07) is 13.2. The van der Waals surface area contributed by atoms with E-state index in [1.54, 1.807) is 18.2 Å². The first-order valence-electron chi connectivity index (χ1n) is 14.6. The molecule has 1 aromatic heterocycles. The molecule has 3 aromatic carbocycles. The van der Waals surface area contributed by atoms with Crippen LogP contribution in [0.3, 0.4) is 0 Å². The second kappa shape index (κ2) is 20.0. The van der Waals surface area contributed by atoms with Gasteiger partial charge in [0.15, 0.2) is 34.6 Å². The number of thiophene rings is 1. The van der Waals surface area contributed by atoms with Crippen molar-refractivity contribution >= 4 is 34.4 Å². The molecule has 51 heavy (non-hydrogen) atoms. The quantitative estimate of drug-likeness (QED) is 0.0949. The summed E-state index contributed by atoms with van der Waals surface area (Å²) in [5, 5.41) is 12.9. The van der Waals surface area contributed by atoms with E-state index in [1.165, 1.54) is 85.4 Å². The topological polar surface area (TPSA) is 148 Å². The first-order chi connectivity index (χ1) is 24.0. The number of carboxylic acids is 1. The predicted octanol–water partition coefficient (Wildman–Crippen LogP) is 2.56. The van der Waals surface area contributed by atoms with Crippen molar-refractivity contribution in [3.05, 3.63) is 89.8 Å². The van der Waals surface area contributed by atoms with Gasteiger partial charge < -0.3 is 47.8 Å².